The average Bonchev–Trinajstić information content (AvgIpc) is 2.97. The number of halogens is 4. The van der Waals surface area contributed by atoms with Crippen molar-refractivity contribution >= 4 is 52.3 Å². The van der Waals surface area contributed by atoms with Gasteiger partial charge in [-0.2, -0.15) is 5.10 Å². The van der Waals surface area contributed by atoms with E-state index in [0.29, 0.717) is 44.5 Å². The van der Waals surface area contributed by atoms with Crippen LogP contribution < -0.4 is 10.1 Å². The molecule has 0 aliphatic rings. The molecule has 0 saturated carbocycles. The molecule has 0 aliphatic carbocycles. The molecule has 1 heterocycles. The normalized spacial score (nSPS) is 10.9. The van der Waals surface area contributed by atoms with Gasteiger partial charge in [0.15, 0.2) is 5.75 Å². The number of rotatable bonds is 8. The molecule has 0 radical (unpaired) electrons. The van der Waals surface area contributed by atoms with Crippen LogP contribution in [0.1, 0.15) is 33.7 Å². The lowest BCUT2D eigenvalue weighted by Gasteiger charge is -2.11. The summed E-state index contributed by atoms with van der Waals surface area (Å²) in [6, 6.07) is 10.3. The zero-order valence-electron chi connectivity index (χ0n) is 17.0. The predicted molar refractivity (Wildman–Crippen MR) is 126 cm³/mol. The zero-order valence-corrected chi connectivity index (χ0v) is 20.0. The van der Waals surface area contributed by atoms with Crippen LogP contribution in [0.4, 0.5) is 0 Å². The number of hydrogen-bond donors (Lipinski definition) is 1. The minimum atomic E-state index is -0.157. The van der Waals surface area contributed by atoms with Gasteiger partial charge in [-0.05, 0) is 50.1 Å². The van der Waals surface area contributed by atoms with E-state index in [1.54, 1.807) is 30.3 Å². The number of carbonyl (C=O) groups is 1. The van der Waals surface area contributed by atoms with Crippen molar-refractivity contribution in [3.63, 3.8) is 0 Å². The van der Waals surface area contributed by atoms with E-state index in [2.05, 4.69) is 10.4 Å². The quantitative estimate of drug-likeness (QED) is 0.358. The number of nitrogens with one attached hydrogen (secondary N) is 1. The van der Waals surface area contributed by atoms with Crippen LogP contribution in [0.3, 0.4) is 0 Å². The molecular formula is C22H21Cl4N3O2. The van der Waals surface area contributed by atoms with Crippen molar-refractivity contribution in [1.82, 2.24) is 15.1 Å². The minimum Gasteiger partial charge on any atom is -0.486 e. The highest BCUT2D eigenvalue weighted by Crippen LogP contribution is 2.36. The second kappa shape index (κ2) is 10.6. The first-order valence-electron chi connectivity index (χ1n) is 9.60. The van der Waals surface area contributed by atoms with Gasteiger partial charge in [-0.25, -0.2) is 0 Å². The van der Waals surface area contributed by atoms with E-state index in [1.807, 2.05) is 24.6 Å². The first kappa shape index (κ1) is 23.7. The van der Waals surface area contributed by atoms with Gasteiger partial charge in [0.1, 0.15) is 6.61 Å². The van der Waals surface area contributed by atoms with Crippen molar-refractivity contribution in [2.24, 2.45) is 0 Å². The van der Waals surface area contributed by atoms with Gasteiger partial charge in [-0.3, -0.25) is 9.48 Å². The third-order valence-corrected chi connectivity index (χ3v) is 5.99. The molecule has 0 spiro atoms. The maximum atomic E-state index is 12.5. The second-order valence-corrected chi connectivity index (χ2v) is 8.63. The molecule has 0 atom stereocenters. The molecule has 9 heteroatoms. The standard InChI is InChI=1S/C22H21Cl4N3O2/c1-13-20(26)14(2)29(28-13)8-4-7-27-22(30)16-6-3-5-15(9-16)12-31-21-18(24)10-17(23)11-19(21)25/h3,5-6,9-11H,4,7-8,12H2,1-2H3,(H,27,30). The van der Waals surface area contributed by atoms with Crippen LogP contribution in [-0.4, -0.2) is 22.2 Å². The molecule has 1 amide bonds. The van der Waals surface area contributed by atoms with Gasteiger partial charge in [0.05, 0.1) is 26.5 Å². The number of amides is 1. The molecule has 0 unspecified atom stereocenters. The van der Waals surface area contributed by atoms with E-state index >= 15 is 0 Å². The summed E-state index contributed by atoms with van der Waals surface area (Å²) >= 11 is 24.4. The molecule has 3 rings (SSSR count). The fraction of sp³-hybridized carbons (Fsp3) is 0.273. The Morgan fingerprint density at radius 1 is 1.10 bits per heavy atom. The zero-order chi connectivity index (χ0) is 22.5. The van der Waals surface area contributed by atoms with Crippen LogP contribution >= 0.6 is 46.4 Å². The molecule has 0 aliphatic heterocycles. The van der Waals surface area contributed by atoms with Gasteiger partial charge in [-0.15, -0.1) is 0 Å². The number of nitrogens with zero attached hydrogens (tertiary/aromatic N) is 2. The van der Waals surface area contributed by atoms with Crippen molar-refractivity contribution in [3.8, 4) is 5.75 Å². The van der Waals surface area contributed by atoms with Gasteiger partial charge in [-0.1, -0.05) is 58.5 Å². The number of carbonyl (C=O) groups excluding carboxylic acids is 1. The van der Waals surface area contributed by atoms with Crippen LogP contribution in [-0.2, 0) is 13.2 Å². The molecule has 3 aromatic rings. The van der Waals surface area contributed by atoms with Crippen LogP contribution in [0.5, 0.6) is 5.75 Å². The molecule has 0 fully saturated rings. The SMILES string of the molecule is Cc1nn(CCCNC(=O)c2cccc(COc3c(Cl)cc(Cl)cc3Cl)c2)c(C)c1Cl. The van der Waals surface area contributed by atoms with E-state index in [9.17, 15) is 4.79 Å². The number of benzene rings is 2. The van der Waals surface area contributed by atoms with E-state index in [4.69, 9.17) is 51.1 Å². The maximum absolute atomic E-state index is 12.5. The Kier molecular flexibility index (Phi) is 8.11. The van der Waals surface area contributed by atoms with Gasteiger partial charge in [0.2, 0.25) is 0 Å². The monoisotopic (exact) mass is 499 g/mol. The fourth-order valence-electron chi connectivity index (χ4n) is 3.05. The first-order valence-corrected chi connectivity index (χ1v) is 11.1. The molecule has 5 nitrogen and oxygen atoms in total. The van der Waals surface area contributed by atoms with Gasteiger partial charge >= 0.3 is 0 Å². The molecule has 0 saturated heterocycles. The van der Waals surface area contributed by atoms with E-state index in [0.717, 1.165) is 23.4 Å². The number of ether oxygens (including phenoxy) is 1. The maximum Gasteiger partial charge on any atom is 0.251 e. The highest BCUT2D eigenvalue weighted by Gasteiger charge is 2.12. The lowest BCUT2D eigenvalue weighted by molar-refractivity contribution is 0.0952. The summed E-state index contributed by atoms with van der Waals surface area (Å²) in [5, 5.41) is 9.09. The summed E-state index contributed by atoms with van der Waals surface area (Å²) in [5.74, 6) is 0.197. The average molecular weight is 501 g/mol. The van der Waals surface area contributed by atoms with E-state index in [-0.39, 0.29) is 12.5 Å². The van der Waals surface area contributed by atoms with Crippen LogP contribution in [0.15, 0.2) is 36.4 Å². The summed E-state index contributed by atoms with van der Waals surface area (Å²) in [5.41, 5.74) is 3.10. The molecular weight excluding hydrogens is 480 g/mol. The van der Waals surface area contributed by atoms with Gasteiger partial charge in [0, 0.05) is 23.7 Å². The molecule has 2 aromatic carbocycles. The topological polar surface area (TPSA) is 56.2 Å². The largest absolute Gasteiger partial charge is 0.486 e. The fourth-order valence-corrected chi connectivity index (χ4v) is 4.11. The van der Waals surface area contributed by atoms with E-state index in [1.165, 1.54) is 0 Å². The summed E-state index contributed by atoms with van der Waals surface area (Å²) in [6.45, 7) is 5.21. The third-order valence-electron chi connectivity index (χ3n) is 4.66. The van der Waals surface area contributed by atoms with Crippen molar-refractivity contribution < 1.29 is 9.53 Å². The summed E-state index contributed by atoms with van der Waals surface area (Å²) in [6.07, 6.45) is 0.737. The summed E-state index contributed by atoms with van der Waals surface area (Å²) < 4.78 is 7.59. The van der Waals surface area contributed by atoms with Crippen molar-refractivity contribution in [2.75, 3.05) is 6.54 Å². The lowest BCUT2D eigenvalue weighted by atomic mass is 10.1. The Balaban J connectivity index is 1.53. The highest BCUT2D eigenvalue weighted by molar-refractivity contribution is 6.40. The minimum absolute atomic E-state index is 0.157. The smallest absolute Gasteiger partial charge is 0.251 e. The number of hydrogen-bond acceptors (Lipinski definition) is 3. The summed E-state index contributed by atoms with van der Waals surface area (Å²) in [4.78, 5) is 12.5. The Morgan fingerprint density at radius 3 is 2.45 bits per heavy atom. The van der Waals surface area contributed by atoms with Crippen LogP contribution in [0.25, 0.3) is 0 Å². The van der Waals surface area contributed by atoms with Crippen molar-refractivity contribution in [2.45, 2.75) is 33.4 Å². The van der Waals surface area contributed by atoms with Crippen LogP contribution in [0, 0.1) is 13.8 Å². The Hall–Kier alpha value is -1.92. The second-order valence-electron chi connectivity index (χ2n) is 7.01. The molecule has 1 N–H and O–H groups in total. The lowest BCUT2D eigenvalue weighted by Crippen LogP contribution is -2.25. The van der Waals surface area contributed by atoms with Gasteiger partial charge in [0.25, 0.3) is 5.91 Å². The first-order chi connectivity index (χ1) is 14.8. The summed E-state index contributed by atoms with van der Waals surface area (Å²) in [7, 11) is 0. The Labute approximate surface area is 201 Å². The van der Waals surface area contributed by atoms with Crippen LogP contribution in [0.2, 0.25) is 20.1 Å². The molecule has 164 valence electrons. The Morgan fingerprint density at radius 2 is 1.81 bits per heavy atom. The van der Waals surface area contributed by atoms with Gasteiger partial charge < -0.3 is 10.1 Å². The predicted octanol–water partition coefficient (Wildman–Crippen LogP) is 6.51. The molecule has 1 aromatic heterocycles. The Bertz CT molecular complexity index is 1080. The molecule has 31 heavy (non-hydrogen) atoms. The van der Waals surface area contributed by atoms with Crippen molar-refractivity contribution in [3.05, 3.63) is 79.0 Å². The number of aromatic nitrogens is 2. The van der Waals surface area contributed by atoms with E-state index < -0.39 is 0 Å². The third kappa shape index (κ3) is 6.07. The highest BCUT2D eigenvalue weighted by atomic mass is 35.5. The van der Waals surface area contributed by atoms with Crippen molar-refractivity contribution in [1.29, 1.82) is 0 Å². The number of aryl methyl sites for hydroxylation is 2. The molecule has 0 bridgehead atoms.